The summed E-state index contributed by atoms with van der Waals surface area (Å²) in [5.74, 6) is 0.658. The molecule has 6 heteroatoms. The number of halogens is 1. The van der Waals surface area contributed by atoms with Gasteiger partial charge in [0.1, 0.15) is 0 Å². The first-order valence-electron chi connectivity index (χ1n) is 6.29. The van der Waals surface area contributed by atoms with Crippen LogP contribution in [0.25, 0.3) is 0 Å². The van der Waals surface area contributed by atoms with Gasteiger partial charge in [0.15, 0.2) is 5.84 Å². The van der Waals surface area contributed by atoms with E-state index in [1.165, 1.54) is 0 Å². The number of nitrogens with two attached hydrogens (primary N) is 1. The summed E-state index contributed by atoms with van der Waals surface area (Å²) in [6.45, 7) is 2.22. The SMILES string of the molecule is N/C(=N/O)c1ccc(N2CCC(CCO)C2)cc1Br. The van der Waals surface area contributed by atoms with Crippen molar-refractivity contribution in [2.75, 3.05) is 24.6 Å². The lowest BCUT2D eigenvalue weighted by atomic mass is 10.1. The van der Waals surface area contributed by atoms with Crippen LogP contribution in [0.15, 0.2) is 27.8 Å². The molecule has 0 aliphatic carbocycles. The van der Waals surface area contributed by atoms with Gasteiger partial charge in [-0.2, -0.15) is 0 Å². The van der Waals surface area contributed by atoms with Gasteiger partial charge in [0, 0.05) is 35.4 Å². The van der Waals surface area contributed by atoms with Crippen LogP contribution in [-0.4, -0.2) is 35.8 Å². The lowest BCUT2D eigenvalue weighted by Crippen LogP contribution is -2.20. The summed E-state index contributed by atoms with van der Waals surface area (Å²) in [6.07, 6.45) is 1.97. The molecule has 0 amide bonds. The smallest absolute Gasteiger partial charge is 0.171 e. The zero-order valence-electron chi connectivity index (χ0n) is 10.6. The minimum atomic E-state index is 0.0954. The number of nitrogens with zero attached hydrogens (tertiary/aromatic N) is 2. The molecule has 1 aliphatic rings. The van der Waals surface area contributed by atoms with Crippen LogP contribution in [0.3, 0.4) is 0 Å². The van der Waals surface area contributed by atoms with Crippen LogP contribution < -0.4 is 10.6 Å². The number of hydrogen-bond donors (Lipinski definition) is 3. The number of hydrogen-bond acceptors (Lipinski definition) is 4. The van der Waals surface area contributed by atoms with Crippen molar-refractivity contribution in [2.45, 2.75) is 12.8 Å². The number of rotatable bonds is 4. The van der Waals surface area contributed by atoms with E-state index < -0.39 is 0 Å². The van der Waals surface area contributed by atoms with Crippen LogP contribution in [0.1, 0.15) is 18.4 Å². The van der Waals surface area contributed by atoms with Crippen LogP contribution in [0, 0.1) is 5.92 Å². The molecule has 4 N–H and O–H groups in total. The summed E-state index contributed by atoms with van der Waals surface area (Å²) in [6, 6.07) is 5.79. The Bertz CT molecular complexity index is 479. The molecular formula is C13H18BrN3O2. The molecule has 1 aliphatic heterocycles. The highest BCUT2D eigenvalue weighted by atomic mass is 79.9. The van der Waals surface area contributed by atoms with Gasteiger partial charge in [0.05, 0.1) is 0 Å². The van der Waals surface area contributed by atoms with E-state index in [0.29, 0.717) is 11.5 Å². The lowest BCUT2D eigenvalue weighted by molar-refractivity contribution is 0.263. The van der Waals surface area contributed by atoms with Gasteiger partial charge in [-0.25, -0.2) is 0 Å². The molecule has 1 unspecified atom stereocenters. The maximum Gasteiger partial charge on any atom is 0.171 e. The molecule has 1 atom stereocenters. The number of amidine groups is 1. The van der Waals surface area contributed by atoms with Gasteiger partial charge in [0.2, 0.25) is 0 Å². The van der Waals surface area contributed by atoms with Crippen LogP contribution in [0.4, 0.5) is 5.69 Å². The maximum atomic E-state index is 8.98. The molecule has 0 bridgehead atoms. The Labute approximate surface area is 120 Å². The van der Waals surface area contributed by atoms with E-state index in [0.717, 1.165) is 36.1 Å². The van der Waals surface area contributed by atoms with Crippen molar-refractivity contribution in [3.05, 3.63) is 28.2 Å². The standard InChI is InChI=1S/C13H18BrN3O2/c14-12-7-10(1-2-11(12)13(15)16-19)17-5-3-9(8-17)4-6-18/h1-2,7,9,18-19H,3-6,8H2,(H2,15,16). The third kappa shape index (κ3) is 3.19. The third-order valence-electron chi connectivity index (χ3n) is 3.52. The van der Waals surface area contributed by atoms with Crippen molar-refractivity contribution < 1.29 is 10.3 Å². The molecular weight excluding hydrogens is 310 g/mol. The first-order valence-corrected chi connectivity index (χ1v) is 7.08. The first kappa shape index (κ1) is 14.1. The number of benzene rings is 1. The highest BCUT2D eigenvalue weighted by Gasteiger charge is 2.22. The Morgan fingerprint density at radius 3 is 2.95 bits per heavy atom. The highest BCUT2D eigenvalue weighted by Crippen LogP contribution is 2.29. The van der Waals surface area contributed by atoms with Crippen molar-refractivity contribution in [3.8, 4) is 0 Å². The molecule has 0 spiro atoms. The predicted molar refractivity (Wildman–Crippen MR) is 78.7 cm³/mol. The summed E-state index contributed by atoms with van der Waals surface area (Å²) in [5.41, 5.74) is 7.38. The number of aliphatic hydroxyl groups is 1. The quantitative estimate of drug-likeness (QED) is 0.340. The van der Waals surface area contributed by atoms with Crippen molar-refractivity contribution in [2.24, 2.45) is 16.8 Å². The van der Waals surface area contributed by atoms with Gasteiger partial charge in [-0.1, -0.05) is 5.16 Å². The maximum absolute atomic E-state index is 8.98. The number of oxime groups is 1. The molecule has 19 heavy (non-hydrogen) atoms. The summed E-state index contributed by atoms with van der Waals surface area (Å²) in [4.78, 5) is 2.29. The summed E-state index contributed by atoms with van der Waals surface area (Å²) >= 11 is 3.44. The average Bonchev–Trinajstić information content (AvgIpc) is 2.87. The topological polar surface area (TPSA) is 82.1 Å². The van der Waals surface area contributed by atoms with Gasteiger partial charge in [-0.15, -0.1) is 0 Å². The number of aliphatic hydroxyl groups excluding tert-OH is 1. The minimum absolute atomic E-state index is 0.0954. The van der Waals surface area contributed by atoms with E-state index in [1.54, 1.807) is 0 Å². The minimum Gasteiger partial charge on any atom is -0.409 e. The summed E-state index contributed by atoms with van der Waals surface area (Å²) in [7, 11) is 0. The van der Waals surface area contributed by atoms with Crippen molar-refractivity contribution in [1.29, 1.82) is 0 Å². The normalized spacial score (nSPS) is 20.0. The molecule has 1 fully saturated rings. The second kappa shape index (κ2) is 6.25. The van der Waals surface area contributed by atoms with E-state index >= 15 is 0 Å². The van der Waals surface area contributed by atoms with Gasteiger partial charge >= 0.3 is 0 Å². The molecule has 0 radical (unpaired) electrons. The van der Waals surface area contributed by atoms with Gasteiger partial charge in [-0.05, 0) is 52.9 Å². The lowest BCUT2D eigenvalue weighted by Gasteiger charge is -2.19. The van der Waals surface area contributed by atoms with E-state index in [9.17, 15) is 0 Å². The molecule has 0 aromatic heterocycles. The van der Waals surface area contributed by atoms with Gasteiger partial charge < -0.3 is 20.9 Å². The summed E-state index contributed by atoms with van der Waals surface area (Å²) in [5, 5.41) is 20.7. The van der Waals surface area contributed by atoms with Gasteiger partial charge in [-0.3, -0.25) is 0 Å². The fraction of sp³-hybridized carbons (Fsp3) is 0.462. The Balaban J connectivity index is 2.13. The van der Waals surface area contributed by atoms with E-state index in [1.807, 2.05) is 18.2 Å². The second-order valence-corrected chi connectivity index (χ2v) is 5.62. The molecule has 2 rings (SSSR count). The van der Waals surface area contributed by atoms with Crippen LogP contribution >= 0.6 is 15.9 Å². The van der Waals surface area contributed by atoms with Crippen molar-refractivity contribution >= 4 is 27.5 Å². The third-order valence-corrected chi connectivity index (χ3v) is 4.18. The zero-order valence-corrected chi connectivity index (χ0v) is 12.2. The monoisotopic (exact) mass is 327 g/mol. The molecule has 1 aromatic carbocycles. The second-order valence-electron chi connectivity index (χ2n) is 4.76. The zero-order chi connectivity index (χ0) is 13.8. The molecule has 1 saturated heterocycles. The predicted octanol–water partition coefficient (Wildman–Crippen LogP) is 1.75. The van der Waals surface area contributed by atoms with Crippen LogP contribution in [0.5, 0.6) is 0 Å². The Hall–Kier alpha value is -1.27. The first-order chi connectivity index (χ1) is 9.15. The summed E-state index contributed by atoms with van der Waals surface area (Å²) < 4.78 is 0.811. The van der Waals surface area contributed by atoms with E-state index in [-0.39, 0.29) is 12.4 Å². The average molecular weight is 328 g/mol. The van der Waals surface area contributed by atoms with Crippen molar-refractivity contribution in [3.63, 3.8) is 0 Å². The van der Waals surface area contributed by atoms with E-state index in [2.05, 4.69) is 26.0 Å². The fourth-order valence-corrected chi connectivity index (χ4v) is 3.02. The molecule has 104 valence electrons. The van der Waals surface area contributed by atoms with Gasteiger partial charge in [0.25, 0.3) is 0 Å². The molecule has 5 nitrogen and oxygen atoms in total. The molecule has 0 saturated carbocycles. The Morgan fingerprint density at radius 1 is 1.53 bits per heavy atom. The molecule has 1 aromatic rings. The number of anilines is 1. The molecule has 1 heterocycles. The van der Waals surface area contributed by atoms with E-state index in [4.69, 9.17) is 16.0 Å². The Kier molecular flexibility index (Phi) is 4.66. The largest absolute Gasteiger partial charge is 0.409 e. The Morgan fingerprint density at radius 2 is 2.32 bits per heavy atom. The van der Waals surface area contributed by atoms with Crippen molar-refractivity contribution in [1.82, 2.24) is 0 Å². The fourth-order valence-electron chi connectivity index (χ4n) is 2.45. The highest BCUT2D eigenvalue weighted by molar-refractivity contribution is 9.10. The van der Waals surface area contributed by atoms with Crippen LogP contribution in [-0.2, 0) is 0 Å². The van der Waals surface area contributed by atoms with Crippen LogP contribution in [0.2, 0.25) is 0 Å².